The van der Waals surface area contributed by atoms with Crippen LogP contribution in [0.3, 0.4) is 0 Å². The summed E-state index contributed by atoms with van der Waals surface area (Å²) in [6.07, 6.45) is 0. The van der Waals surface area contributed by atoms with Crippen LogP contribution in [0.1, 0.15) is 11.5 Å². The van der Waals surface area contributed by atoms with E-state index >= 15 is 0 Å². The lowest BCUT2D eigenvalue weighted by molar-refractivity contribution is 0.289. The first-order chi connectivity index (χ1) is 9.72. The zero-order chi connectivity index (χ0) is 14.4. The average molecular weight is 273 g/mol. The average Bonchev–Trinajstić information content (AvgIpc) is 2.50. The number of nitrogens with two attached hydrogens (primary N) is 1. The quantitative estimate of drug-likeness (QED) is 0.849. The molecule has 0 fully saturated rings. The van der Waals surface area contributed by atoms with Gasteiger partial charge in [-0.05, 0) is 42.0 Å². The lowest BCUT2D eigenvalue weighted by Crippen LogP contribution is -2.19. The van der Waals surface area contributed by atoms with Gasteiger partial charge in [0.15, 0.2) is 0 Å². The molecule has 0 spiro atoms. The zero-order valence-corrected chi connectivity index (χ0v) is 11.5. The van der Waals surface area contributed by atoms with Crippen molar-refractivity contribution in [2.75, 3.05) is 20.3 Å². The summed E-state index contributed by atoms with van der Waals surface area (Å²) >= 11 is 0. The van der Waals surface area contributed by atoms with Crippen molar-refractivity contribution >= 4 is 0 Å². The highest BCUT2D eigenvalue weighted by Crippen LogP contribution is 2.21. The summed E-state index contributed by atoms with van der Waals surface area (Å²) in [7, 11) is 1.63. The normalized spacial score (nSPS) is 11.9. The van der Waals surface area contributed by atoms with Crippen molar-refractivity contribution in [1.82, 2.24) is 0 Å². The summed E-state index contributed by atoms with van der Waals surface area (Å²) in [6.45, 7) is 0.981. The summed E-state index contributed by atoms with van der Waals surface area (Å²) in [5.41, 5.74) is 6.84. The summed E-state index contributed by atoms with van der Waals surface area (Å²) < 4.78 is 10.8. The SMILES string of the molecule is COc1ccc(OCC(CN)c2ccc(O)cc2)cc1. The van der Waals surface area contributed by atoms with Crippen molar-refractivity contribution in [3.63, 3.8) is 0 Å². The number of phenolic OH excluding ortho intramolecular Hbond substituents is 1. The fraction of sp³-hybridized carbons (Fsp3) is 0.250. The van der Waals surface area contributed by atoms with Crippen LogP contribution < -0.4 is 15.2 Å². The maximum Gasteiger partial charge on any atom is 0.119 e. The van der Waals surface area contributed by atoms with Gasteiger partial charge in [0, 0.05) is 12.5 Å². The van der Waals surface area contributed by atoms with E-state index in [1.165, 1.54) is 0 Å². The van der Waals surface area contributed by atoms with Gasteiger partial charge in [0.2, 0.25) is 0 Å². The largest absolute Gasteiger partial charge is 0.508 e. The second-order valence-electron chi connectivity index (χ2n) is 4.51. The van der Waals surface area contributed by atoms with Gasteiger partial charge in [-0.2, -0.15) is 0 Å². The first-order valence-electron chi connectivity index (χ1n) is 6.48. The number of ether oxygens (including phenoxy) is 2. The number of aromatic hydroxyl groups is 1. The molecule has 0 aliphatic heterocycles. The molecule has 0 amide bonds. The molecule has 0 radical (unpaired) electrons. The first kappa shape index (κ1) is 14.2. The molecule has 0 saturated heterocycles. The molecule has 2 rings (SSSR count). The highest BCUT2D eigenvalue weighted by atomic mass is 16.5. The van der Waals surface area contributed by atoms with E-state index in [-0.39, 0.29) is 11.7 Å². The van der Waals surface area contributed by atoms with E-state index in [9.17, 15) is 5.11 Å². The maximum absolute atomic E-state index is 9.29. The van der Waals surface area contributed by atoms with Gasteiger partial charge in [0.1, 0.15) is 17.2 Å². The molecular formula is C16H19NO3. The van der Waals surface area contributed by atoms with Gasteiger partial charge in [-0.3, -0.25) is 0 Å². The molecule has 0 saturated carbocycles. The first-order valence-corrected chi connectivity index (χ1v) is 6.48. The van der Waals surface area contributed by atoms with Crippen molar-refractivity contribution in [3.05, 3.63) is 54.1 Å². The highest BCUT2D eigenvalue weighted by Gasteiger charge is 2.10. The van der Waals surface area contributed by atoms with Crippen LogP contribution in [-0.4, -0.2) is 25.4 Å². The lowest BCUT2D eigenvalue weighted by atomic mass is 10.0. The van der Waals surface area contributed by atoms with Crippen molar-refractivity contribution in [1.29, 1.82) is 0 Å². The van der Waals surface area contributed by atoms with Crippen molar-refractivity contribution in [2.45, 2.75) is 5.92 Å². The third-order valence-electron chi connectivity index (χ3n) is 3.16. The minimum Gasteiger partial charge on any atom is -0.508 e. The van der Waals surface area contributed by atoms with Crippen molar-refractivity contribution in [3.8, 4) is 17.2 Å². The number of methoxy groups -OCH3 is 1. The minimum atomic E-state index is 0.0951. The van der Waals surface area contributed by atoms with Crippen LogP contribution in [0.25, 0.3) is 0 Å². The van der Waals surface area contributed by atoms with Crippen LogP contribution in [0.2, 0.25) is 0 Å². The molecule has 0 bridgehead atoms. The Morgan fingerprint density at radius 1 is 1.00 bits per heavy atom. The Hall–Kier alpha value is -2.20. The zero-order valence-electron chi connectivity index (χ0n) is 11.5. The summed E-state index contributed by atoms with van der Waals surface area (Å²) in [5, 5.41) is 9.29. The van der Waals surface area contributed by atoms with Gasteiger partial charge in [-0.1, -0.05) is 12.1 Å². The number of benzene rings is 2. The highest BCUT2D eigenvalue weighted by molar-refractivity contribution is 5.32. The Balaban J connectivity index is 1.97. The van der Waals surface area contributed by atoms with Gasteiger partial charge in [-0.25, -0.2) is 0 Å². The van der Waals surface area contributed by atoms with Gasteiger partial charge in [-0.15, -0.1) is 0 Å². The molecule has 2 aromatic carbocycles. The lowest BCUT2D eigenvalue weighted by Gasteiger charge is -2.16. The Bertz CT molecular complexity index is 522. The van der Waals surface area contributed by atoms with Gasteiger partial charge < -0.3 is 20.3 Å². The standard InChI is InChI=1S/C16H19NO3/c1-19-15-6-8-16(9-7-15)20-11-13(10-17)12-2-4-14(18)5-3-12/h2-9,13,18H,10-11,17H2,1H3. The van der Waals surface area contributed by atoms with Crippen molar-refractivity contribution < 1.29 is 14.6 Å². The molecule has 3 N–H and O–H groups in total. The van der Waals surface area contributed by atoms with E-state index in [1.54, 1.807) is 19.2 Å². The van der Waals surface area contributed by atoms with E-state index in [2.05, 4.69) is 0 Å². The Kier molecular flexibility index (Phi) is 4.85. The van der Waals surface area contributed by atoms with Gasteiger partial charge in [0.25, 0.3) is 0 Å². The van der Waals surface area contributed by atoms with Crippen LogP contribution in [0.15, 0.2) is 48.5 Å². The molecule has 20 heavy (non-hydrogen) atoms. The number of rotatable bonds is 6. The molecule has 4 heteroatoms. The van der Waals surface area contributed by atoms with E-state index < -0.39 is 0 Å². The third kappa shape index (κ3) is 3.65. The monoisotopic (exact) mass is 273 g/mol. The molecule has 4 nitrogen and oxygen atoms in total. The molecule has 1 atom stereocenters. The van der Waals surface area contributed by atoms with Crippen LogP contribution >= 0.6 is 0 Å². The predicted octanol–water partition coefficient (Wildman–Crippen LogP) is 2.52. The minimum absolute atomic E-state index is 0.0951. The van der Waals surface area contributed by atoms with Crippen molar-refractivity contribution in [2.24, 2.45) is 5.73 Å². The summed E-state index contributed by atoms with van der Waals surface area (Å²) in [5.74, 6) is 1.92. The van der Waals surface area contributed by atoms with Gasteiger partial charge >= 0.3 is 0 Å². The molecule has 0 aromatic heterocycles. The summed E-state index contributed by atoms with van der Waals surface area (Å²) in [6, 6.07) is 14.5. The van der Waals surface area contributed by atoms with Crippen LogP contribution in [0.5, 0.6) is 17.2 Å². The Labute approximate surface area is 118 Å². The molecule has 106 valence electrons. The molecule has 0 heterocycles. The predicted molar refractivity (Wildman–Crippen MR) is 78.4 cm³/mol. The molecular weight excluding hydrogens is 254 g/mol. The fourth-order valence-electron chi connectivity index (χ4n) is 1.92. The Morgan fingerprint density at radius 3 is 2.15 bits per heavy atom. The van der Waals surface area contributed by atoms with E-state index in [0.717, 1.165) is 17.1 Å². The van der Waals surface area contributed by atoms with Gasteiger partial charge in [0.05, 0.1) is 13.7 Å². The van der Waals surface area contributed by atoms with Crippen LogP contribution in [0.4, 0.5) is 0 Å². The second-order valence-corrected chi connectivity index (χ2v) is 4.51. The number of hydrogen-bond donors (Lipinski definition) is 2. The summed E-state index contributed by atoms with van der Waals surface area (Å²) in [4.78, 5) is 0. The second kappa shape index (κ2) is 6.82. The fourth-order valence-corrected chi connectivity index (χ4v) is 1.92. The smallest absolute Gasteiger partial charge is 0.119 e. The molecule has 0 aliphatic carbocycles. The van der Waals surface area contributed by atoms with E-state index in [0.29, 0.717) is 13.2 Å². The number of hydrogen-bond acceptors (Lipinski definition) is 4. The Morgan fingerprint density at radius 2 is 1.60 bits per heavy atom. The topological polar surface area (TPSA) is 64.7 Å². The molecule has 1 unspecified atom stereocenters. The number of phenols is 1. The molecule has 2 aromatic rings. The molecule has 0 aliphatic rings. The van der Waals surface area contributed by atoms with Crippen LogP contribution in [-0.2, 0) is 0 Å². The maximum atomic E-state index is 9.29. The van der Waals surface area contributed by atoms with E-state index in [1.807, 2.05) is 36.4 Å². The van der Waals surface area contributed by atoms with E-state index in [4.69, 9.17) is 15.2 Å². The third-order valence-corrected chi connectivity index (χ3v) is 3.16. The van der Waals surface area contributed by atoms with Crippen LogP contribution in [0, 0.1) is 0 Å².